The van der Waals surface area contributed by atoms with E-state index < -0.39 is 0 Å². The van der Waals surface area contributed by atoms with Crippen LogP contribution in [0.15, 0.2) is 29.4 Å². The number of nitrogens with one attached hydrogen (secondary N) is 1. The maximum Gasteiger partial charge on any atom is 0.243 e. The highest BCUT2D eigenvalue weighted by Crippen LogP contribution is 2.21. The molecule has 7 nitrogen and oxygen atoms in total. The number of likely N-dealkylation sites (tertiary alicyclic amines) is 1. The average Bonchev–Trinajstić information content (AvgIpc) is 3.29. The van der Waals surface area contributed by atoms with E-state index >= 15 is 0 Å². The number of rotatable bonds is 5. The fourth-order valence-electron chi connectivity index (χ4n) is 2.54. The van der Waals surface area contributed by atoms with E-state index in [1.165, 1.54) is 12.8 Å². The zero-order valence-electron chi connectivity index (χ0n) is 14.3. The molecule has 0 aromatic carbocycles. The molecule has 2 fully saturated rings. The summed E-state index contributed by atoms with van der Waals surface area (Å²) in [5.74, 6) is 1.48. The van der Waals surface area contributed by atoms with Crippen LogP contribution in [0.3, 0.4) is 0 Å². The van der Waals surface area contributed by atoms with Crippen LogP contribution in [0, 0.1) is 0 Å². The number of guanidine groups is 1. The Morgan fingerprint density at radius 1 is 1.42 bits per heavy atom. The second-order valence-electron chi connectivity index (χ2n) is 6.49. The molecule has 2 aliphatic rings. The summed E-state index contributed by atoms with van der Waals surface area (Å²) in [5.41, 5.74) is 0. The minimum Gasteiger partial charge on any atom is -0.472 e. The van der Waals surface area contributed by atoms with Crippen molar-refractivity contribution < 1.29 is 9.53 Å². The van der Waals surface area contributed by atoms with E-state index in [1.807, 2.05) is 18.2 Å². The predicted octanol–water partition coefficient (Wildman–Crippen LogP) is 0.731. The van der Waals surface area contributed by atoms with Gasteiger partial charge >= 0.3 is 0 Å². The summed E-state index contributed by atoms with van der Waals surface area (Å²) in [6, 6.07) is 6.16. The molecule has 1 aliphatic carbocycles. The normalized spacial score (nSPS) is 20.8. The van der Waals surface area contributed by atoms with Crippen molar-refractivity contribution in [1.29, 1.82) is 0 Å². The Labute approximate surface area is 142 Å². The van der Waals surface area contributed by atoms with Gasteiger partial charge in [-0.1, -0.05) is 6.07 Å². The highest BCUT2D eigenvalue weighted by Gasteiger charge is 2.30. The number of carbonyl (C=O) groups is 1. The molecule has 1 aliphatic heterocycles. The monoisotopic (exact) mass is 331 g/mol. The third-order valence-corrected chi connectivity index (χ3v) is 4.14. The van der Waals surface area contributed by atoms with Crippen LogP contribution in [-0.2, 0) is 4.79 Å². The van der Waals surface area contributed by atoms with Crippen molar-refractivity contribution in [3.05, 3.63) is 24.4 Å². The maximum absolute atomic E-state index is 11.8. The van der Waals surface area contributed by atoms with Gasteiger partial charge in [-0.2, -0.15) is 0 Å². The lowest BCUT2D eigenvalue weighted by Crippen LogP contribution is -2.42. The predicted molar refractivity (Wildman–Crippen MR) is 92.0 cm³/mol. The first-order chi connectivity index (χ1) is 11.6. The van der Waals surface area contributed by atoms with Crippen LogP contribution >= 0.6 is 0 Å². The van der Waals surface area contributed by atoms with Gasteiger partial charge in [-0.05, 0) is 18.9 Å². The molecule has 3 rings (SSSR count). The molecule has 24 heavy (non-hydrogen) atoms. The molecule has 1 aromatic heterocycles. The number of aliphatic imine (C=N–C) groups is 1. The minimum absolute atomic E-state index is 0.00517. The van der Waals surface area contributed by atoms with Gasteiger partial charge in [0, 0.05) is 45.4 Å². The van der Waals surface area contributed by atoms with E-state index in [2.05, 4.69) is 20.2 Å². The highest BCUT2D eigenvalue weighted by atomic mass is 16.5. The number of hydrogen-bond donors (Lipinski definition) is 1. The zero-order chi connectivity index (χ0) is 16.9. The number of nitrogens with zero attached hydrogens (tertiary/aromatic N) is 4. The van der Waals surface area contributed by atoms with Crippen LogP contribution < -0.4 is 10.1 Å². The summed E-state index contributed by atoms with van der Waals surface area (Å²) >= 11 is 0. The lowest BCUT2D eigenvalue weighted by atomic mass is 10.3. The third kappa shape index (κ3) is 4.59. The standard InChI is InChI=1S/C17H25N5O2/c1-21(2)16(23)11-19-17(20-13-6-7-13)22-10-8-14(12-22)24-15-5-3-4-9-18-15/h3-5,9,13-14H,6-8,10-12H2,1-2H3,(H,19,20). The van der Waals surface area contributed by atoms with Crippen molar-refractivity contribution in [1.82, 2.24) is 20.1 Å². The second kappa shape index (κ2) is 7.51. The Balaban J connectivity index is 1.59. The molecular weight excluding hydrogens is 306 g/mol. The first-order valence-corrected chi connectivity index (χ1v) is 8.45. The van der Waals surface area contributed by atoms with Gasteiger partial charge in [0.25, 0.3) is 0 Å². The number of ether oxygens (including phenoxy) is 1. The van der Waals surface area contributed by atoms with Crippen LogP contribution in [0.5, 0.6) is 5.88 Å². The molecule has 1 amide bonds. The smallest absolute Gasteiger partial charge is 0.243 e. The number of likely N-dealkylation sites (N-methyl/N-ethyl adjacent to an activating group) is 1. The zero-order valence-corrected chi connectivity index (χ0v) is 14.3. The second-order valence-corrected chi connectivity index (χ2v) is 6.49. The SMILES string of the molecule is CN(C)C(=O)CN=C(NC1CC1)N1CCC(Oc2ccccn2)C1. The van der Waals surface area contributed by atoms with E-state index in [1.54, 1.807) is 25.2 Å². The van der Waals surface area contributed by atoms with Gasteiger partial charge in [-0.25, -0.2) is 9.98 Å². The number of carbonyl (C=O) groups excluding carboxylic acids is 1. The van der Waals surface area contributed by atoms with Crippen molar-refractivity contribution in [3.63, 3.8) is 0 Å². The summed E-state index contributed by atoms with van der Waals surface area (Å²) in [7, 11) is 3.50. The molecular formula is C17H25N5O2. The lowest BCUT2D eigenvalue weighted by Gasteiger charge is -2.22. The largest absolute Gasteiger partial charge is 0.472 e. The highest BCUT2D eigenvalue weighted by molar-refractivity contribution is 5.85. The summed E-state index contributed by atoms with van der Waals surface area (Å²) in [6.45, 7) is 1.79. The lowest BCUT2D eigenvalue weighted by molar-refractivity contribution is -0.127. The summed E-state index contributed by atoms with van der Waals surface area (Å²) in [6.07, 6.45) is 5.08. The van der Waals surface area contributed by atoms with Crippen molar-refractivity contribution in [2.75, 3.05) is 33.7 Å². The molecule has 1 unspecified atom stereocenters. The Hall–Kier alpha value is -2.31. The molecule has 7 heteroatoms. The van der Waals surface area contributed by atoms with E-state index in [9.17, 15) is 4.79 Å². The fourth-order valence-corrected chi connectivity index (χ4v) is 2.54. The van der Waals surface area contributed by atoms with Crippen LogP contribution in [0.1, 0.15) is 19.3 Å². The first-order valence-electron chi connectivity index (χ1n) is 8.45. The maximum atomic E-state index is 11.8. The van der Waals surface area contributed by atoms with Crippen molar-refractivity contribution >= 4 is 11.9 Å². The van der Waals surface area contributed by atoms with E-state index in [0.29, 0.717) is 11.9 Å². The topological polar surface area (TPSA) is 70.1 Å². The van der Waals surface area contributed by atoms with E-state index in [-0.39, 0.29) is 18.6 Å². The molecule has 1 saturated heterocycles. The van der Waals surface area contributed by atoms with Gasteiger partial charge in [-0.15, -0.1) is 0 Å². The van der Waals surface area contributed by atoms with Crippen molar-refractivity contribution in [2.45, 2.75) is 31.4 Å². The van der Waals surface area contributed by atoms with Crippen LogP contribution in [0.4, 0.5) is 0 Å². The van der Waals surface area contributed by atoms with Crippen molar-refractivity contribution in [3.8, 4) is 5.88 Å². The molecule has 0 radical (unpaired) electrons. The van der Waals surface area contributed by atoms with Gasteiger partial charge in [0.2, 0.25) is 11.8 Å². The van der Waals surface area contributed by atoms with Gasteiger partial charge in [-0.3, -0.25) is 4.79 Å². The van der Waals surface area contributed by atoms with Crippen LogP contribution in [0.25, 0.3) is 0 Å². The molecule has 2 heterocycles. The molecule has 130 valence electrons. The first kappa shape index (κ1) is 16.5. The van der Waals surface area contributed by atoms with Gasteiger partial charge in [0.15, 0.2) is 5.96 Å². The van der Waals surface area contributed by atoms with Crippen LogP contribution in [-0.4, -0.2) is 72.5 Å². The average molecular weight is 331 g/mol. The Morgan fingerprint density at radius 3 is 2.92 bits per heavy atom. The van der Waals surface area contributed by atoms with Crippen molar-refractivity contribution in [2.24, 2.45) is 4.99 Å². The summed E-state index contributed by atoms with van der Waals surface area (Å²) in [4.78, 5) is 24.3. The summed E-state index contributed by atoms with van der Waals surface area (Å²) < 4.78 is 5.93. The number of amides is 1. The molecule has 1 saturated carbocycles. The Morgan fingerprint density at radius 2 is 2.25 bits per heavy atom. The number of pyridine rings is 1. The number of aromatic nitrogens is 1. The molecule has 1 aromatic rings. The molecule has 1 atom stereocenters. The number of hydrogen-bond acceptors (Lipinski definition) is 4. The third-order valence-electron chi connectivity index (χ3n) is 4.14. The molecule has 0 bridgehead atoms. The molecule has 1 N–H and O–H groups in total. The Bertz CT molecular complexity index is 586. The van der Waals surface area contributed by atoms with Gasteiger partial charge < -0.3 is 19.9 Å². The summed E-state index contributed by atoms with van der Waals surface area (Å²) in [5, 5.41) is 3.45. The quantitative estimate of drug-likeness (QED) is 0.636. The fraction of sp³-hybridized carbons (Fsp3) is 0.588. The van der Waals surface area contributed by atoms with E-state index in [4.69, 9.17) is 4.74 Å². The Kier molecular flexibility index (Phi) is 5.17. The minimum atomic E-state index is 0.00517. The van der Waals surface area contributed by atoms with Gasteiger partial charge in [0.1, 0.15) is 12.6 Å². The van der Waals surface area contributed by atoms with Crippen LogP contribution in [0.2, 0.25) is 0 Å². The van der Waals surface area contributed by atoms with E-state index in [0.717, 1.165) is 25.5 Å². The van der Waals surface area contributed by atoms with Gasteiger partial charge in [0.05, 0.1) is 6.54 Å². The molecule has 0 spiro atoms.